The number of Topliss-reactive ketones (excluding diaryl/α,β-unsaturated/α-hetero) is 1. The number of nitrogens with zero attached hydrogens (tertiary/aromatic N) is 2. The van der Waals surface area contributed by atoms with Crippen LogP contribution >= 0.6 is 11.6 Å². The lowest BCUT2D eigenvalue weighted by atomic mass is 9.91. The molecule has 0 spiro atoms. The van der Waals surface area contributed by atoms with E-state index in [1.165, 1.54) is 12.1 Å². The van der Waals surface area contributed by atoms with Crippen LogP contribution in [0.3, 0.4) is 0 Å². The molecule has 1 aliphatic heterocycles. The Morgan fingerprint density at radius 1 is 1.05 bits per heavy atom. The molecule has 0 unspecified atom stereocenters. The maximum Gasteiger partial charge on any atom is 0.226 e. The summed E-state index contributed by atoms with van der Waals surface area (Å²) in [5.74, 6) is -1.14. The molecule has 1 atom stereocenters. The Kier molecular flexibility index (Phi) is 8.15. The largest absolute Gasteiger partial charge is 0.373 e. The van der Waals surface area contributed by atoms with E-state index in [1.807, 2.05) is 35.2 Å². The summed E-state index contributed by atoms with van der Waals surface area (Å²) in [6.07, 6.45) is 3.54. The van der Waals surface area contributed by atoms with E-state index in [2.05, 4.69) is 9.97 Å². The highest BCUT2D eigenvalue weighted by atomic mass is 35.5. The van der Waals surface area contributed by atoms with Crippen molar-refractivity contribution in [3.63, 3.8) is 0 Å². The van der Waals surface area contributed by atoms with Crippen LogP contribution in [-0.2, 0) is 22.6 Å². The normalized spacial score (nSPS) is 15.1. The molecule has 3 heterocycles. The molecule has 0 aliphatic carbocycles. The first-order valence-electron chi connectivity index (χ1n) is 12.8. The number of pyridine rings is 1. The predicted molar refractivity (Wildman–Crippen MR) is 144 cm³/mol. The van der Waals surface area contributed by atoms with Crippen LogP contribution in [0, 0.1) is 11.7 Å². The molecule has 8 heteroatoms. The number of fused-ring (bicyclic) bond motifs is 1. The summed E-state index contributed by atoms with van der Waals surface area (Å²) in [4.78, 5) is 35.9. The minimum Gasteiger partial charge on any atom is -0.373 e. The van der Waals surface area contributed by atoms with Gasteiger partial charge in [0.05, 0.1) is 30.1 Å². The molecule has 2 aromatic carbocycles. The predicted octanol–water partition coefficient (Wildman–Crippen LogP) is 5.99. The number of H-pyrrole nitrogens is 1. The number of likely N-dealkylation sites (tertiary alicyclic amines) is 1. The Morgan fingerprint density at radius 3 is 2.53 bits per heavy atom. The molecule has 4 aromatic rings. The van der Waals surface area contributed by atoms with Crippen LogP contribution in [-0.4, -0.2) is 45.8 Å². The van der Waals surface area contributed by atoms with Gasteiger partial charge in [-0.1, -0.05) is 54.1 Å². The molecule has 6 nitrogen and oxygen atoms in total. The zero-order valence-corrected chi connectivity index (χ0v) is 21.7. The average Bonchev–Trinajstić information content (AvgIpc) is 3.37. The average molecular weight is 534 g/mol. The van der Waals surface area contributed by atoms with Gasteiger partial charge in [-0.25, -0.2) is 9.37 Å². The van der Waals surface area contributed by atoms with E-state index in [1.54, 1.807) is 30.5 Å². The Hall–Kier alpha value is -3.55. The number of carbonyl (C=O) groups is 2. The van der Waals surface area contributed by atoms with Crippen molar-refractivity contribution < 1.29 is 18.7 Å². The van der Waals surface area contributed by atoms with Gasteiger partial charge in [0.25, 0.3) is 0 Å². The molecule has 2 aromatic heterocycles. The molecule has 38 heavy (non-hydrogen) atoms. The number of rotatable bonds is 9. The molecule has 0 radical (unpaired) electrons. The van der Waals surface area contributed by atoms with Crippen molar-refractivity contribution in [1.82, 2.24) is 14.9 Å². The van der Waals surface area contributed by atoms with E-state index in [0.717, 1.165) is 29.4 Å². The number of hydrogen-bond donors (Lipinski definition) is 1. The lowest BCUT2D eigenvalue weighted by Gasteiger charge is -2.34. The molecular formula is C30H29ClFN3O3. The number of carbonyl (C=O) groups excluding carboxylic acids is 2. The van der Waals surface area contributed by atoms with E-state index >= 15 is 0 Å². The summed E-state index contributed by atoms with van der Waals surface area (Å²) in [7, 11) is 0. The molecule has 1 saturated heterocycles. The Morgan fingerprint density at radius 2 is 1.79 bits per heavy atom. The van der Waals surface area contributed by atoms with Gasteiger partial charge in [0.2, 0.25) is 5.91 Å². The molecule has 1 N–H and O–H groups in total. The van der Waals surface area contributed by atoms with Gasteiger partial charge in [-0.15, -0.1) is 0 Å². The van der Waals surface area contributed by atoms with Crippen molar-refractivity contribution >= 4 is 34.2 Å². The SMILES string of the molecule is O=C(C[C@@H](Cc1ccc(F)cc1)C(=O)N1CCC(OCc2ccccc2)CC1)c1cc2cc(Cl)ncc2[nH]1. The molecule has 5 rings (SSSR count). The van der Waals surface area contributed by atoms with E-state index in [-0.39, 0.29) is 30.0 Å². The first-order valence-corrected chi connectivity index (χ1v) is 13.2. The number of piperidine rings is 1. The maximum atomic E-state index is 13.7. The van der Waals surface area contributed by atoms with Crippen molar-refractivity contribution in [2.75, 3.05) is 13.1 Å². The highest BCUT2D eigenvalue weighted by Crippen LogP contribution is 2.24. The van der Waals surface area contributed by atoms with Gasteiger partial charge in [-0.3, -0.25) is 9.59 Å². The molecule has 0 bridgehead atoms. The van der Waals surface area contributed by atoms with Crippen LogP contribution in [0.1, 0.15) is 40.9 Å². The van der Waals surface area contributed by atoms with Gasteiger partial charge in [0.15, 0.2) is 5.78 Å². The van der Waals surface area contributed by atoms with Crippen LogP contribution in [0.15, 0.2) is 72.9 Å². The van der Waals surface area contributed by atoms with Crippen molar-refractivity contribution in [1.29, 1.82) is 0 Å². The number of benzene rings is 2. The Labute approximate surface area is 225 Å². The Bertz CT molecular complexity index is 1400. The zero-order chi connectivity index (χ0) is 26.5. The summed E-state index contributed by atoms with van der Waals surface area (Å²) in [5.41, 5.74) is 3.05. The molecule has 196 valence electrons. The Balaban J connectivity index is 1.25. The summed E-state index contributed by atoms with van der Waals surface area (Å²) in [5, 5.41) is 1.13. The van der Waals surface area contributed by atoms with Crippen LogP contribution in [0.2, 0.25) is 5.15 Å². The summed E-state index contributed by atoms with van der Waals surface area (Å²) in [6.45, 7) is 1.69. The van der Waals surface area contributed by atoms with E-state index in [0.29, 0.717) is 42.5 Å². The van der Waals surface area contributed by atoms with Gasteiger partial charge < -0.3 is 14.6 Å². The highest BCUT2D eigenvalue weighted by Gasteiger charge is 2.31. The fourth-order valence-corrected chi connectivity index (χ4v) is 5.10. The number of aromatic amines is 1. The second kappa shape index (κ2) is 11.9. The first kappa shape index (κ1) is 26.1. The van der Waals surface area contributed by atoms with Gasteiger partial charge >= 0.3 is 0 Å². The second-order valence-electron chi connectivity index (χ2n) is 9.75. The smallest absolute Gasteiger partial charge is 0.226 e. The van der Waals surface area contributed by atoms with Crippen molar-refractivity contribution in [3.8, 4) is 0 Å². The third-order valence-electron chi connectivity index (χ3n) is 7.03. The van der Waals surface area contributed by atoms with Crippen LogP contribution < -0.4 is 0 Å². The summed E-state index contributed by atoms with van der Waals surface area (Å²) in [6, 6.07) is 19.5. The van der Waals surface area contributed by atoms with Crippen molar-refractivity contribution in [2.45, 2.75) is 38.4 Å². The maximum absolute atomic E-state index is 13.7. The molecule has 1 amide bonds. The zero-order valence-electron chi connectivity index (χ0n) is 20.9. The topological polar surface area (TPSA) is 75.3 Å². The fraction of sp³-hybridized carbons (Fsp3) is 0.300. The van der Waals surface area contributed by atoms with Crippen LogP contribution in [0.25, 0.3) is 10.9 Å². The quantitative estimate of drug-likeness (QED) is 0.212. The number of halogens is 2. The number of nitrogens with one attached hydrogen (secondary N) is 1. The lowest BCUT2D eigenvalue weighted by molar-refractivity contribution is -0.138. The van der Waals surface area contributed by atoms with Gasteiger partial charge in [0.1, 0.15) is 11.0 Å². The summed E-state index contributed by atoms with van der Waals surface area (Å²) >= 11 is 5.99. The number of amides is 1. The van der Waals surface area contributed by atoms with E-state index in [4.69, 9.17) is 16.3 Å². The second-order valence-corrected chi connectivity index (χ2v) is 10.1. The van der Waals surface area contributed by atoms with Gasteiger partial charge in [-0.05, 0) is 54.7 Å². The van der Waals surface area contributed by atoms with Crippen LogP contribution in [0.4, 0.5) is 4.39 Å². The minimum absolute atomic E-state index is 0.0363. The monoisotopic (exact) mass is 533 g/mol. The number of ketones is 1. The number of hydrogen-bond acceptors (Lipinski definition) is 4. The third-order valence-corrected chi connectivity index (χ3v) is 7.24. The van der Waals surface area contributed by atoms with Gasteiger partial charge in [-0.2, -0.15) is 0 Å². The number of ether oxygens (including phenoxy) is 1. The standard InChI is InChI=1S/C30H29ClFN3O3/c31-29-17-22-15-26(34-27(22)18-33-29)28(36)16-23(14-20-6-8-24(32)9-7-20)30(37)35-12-10-25(11-13-35)38-19-21-4-2-1-3-5-21/h1-9,15,17-18,23,25,34H,10-14,16,19H2/t23-/m1/s1. The highest BCUT2D eigenvalue weighted by molar-refractivity contribution is 6.30. The van der Waals surface area contributed by atoms with E-state index in [9.17, 15) is 14.0 Å². The van der Waals surface area contributed by atoms with Gasteiger partial charge in [0, 0.05) is 30.8 Å². The lowest BCUT2D eigenvalue weighted by Crippen LogP contribution is -2.44. The van der Waals surface area contributed by atoms with Crippen molar-refractivity contribution in [2.24, 2.45) is 5.92 Å². The molecule has 1 fully saturated rings. The van der Waals surface area contributed by atoms with E-state index < -0.39 is 5.92 Å². The third kappa shape index (κ3) is 6.47. The molecule has 1 aliphatic rings. The molecule has 0 saturated carbocycles. The fourth-order valence-electron chi connectivity index (χ4n) is 4.93. The molecular weight excluding hydrogens is 505 g/mol. The number of aromatic nitrogens is 2. The summed E-state index contributed by atoms with van der Waals surface area (Å²) < 4.78 is 19.6. The first-order chi connectivity index (χ1) is 18.4. The minimum atomic E-state index is -0.567. The van der Waals surface area contributed by atoms with Crippen molar-refractivity contribution in [3.05, 3.63) is 101 Å². The van der Waals surface area contributed by atoms with Crippen LogP contribution in [0.5, 0.6) is 0 Å².